The van der Waals surface area contributed by atoms with Crippen LogP contribution in [-0.4, -0.2) is 5.97 Å². The summed E-state index contributed by atoms with van der Waals surface area (Å²) < 4.78 is 4.75. The molecule has 0 saturated carbocycles. The number of hydrogen-bond acceptors (Lipinski definition) is 2. The van der Waals surface area contributed by atoms with E-state index >= 15 is 0 Å². The van der Waals surface area contributed by atoms with Crippen LogP contribution >= 0.6 is 0 Å². The molecule has 1 unspecified atom stereocenters. The van der Waals surface area contributed by atoms with Gasteiger partial charge in [0.2, 0.25) is 0 Å². The van der Waals surface area contributed by atoms with Crippen LogP contribution in [0.2, 0.25) is 0 Å². The van der Waals surface area contributed by atoms with Crippen LogP contribution in [0.15, 0.2) is 54.8 Å². The lowest BCUT2D eigenvalue weighted by atomic mass is 9.99. The summed E-state index contributed by atoms with van der Waals surface area (Å²) in [5, 5.41) is 0. The molecule has 0 amide bonds. The molecule has 0 aromatic heterocycles. The highest BCUT2D eigenvalue weighted by Crippen LogP contribution is 2.20. The fourth-order valence-corrected chi connectivity index (χ4v) is 1.37. The Balaban J connectivity index is 2.27. The molecule has 1 aliphatic heterocycles. The first kappa shape index (κ1) is 8.75. The maximum absolute atomic E-state index is 10.9. The molecule has 14 heavy (non-hydrogen) atoms. The van der Waals surface area contributed by atoms with Crippen LogP contribution in [0.25, 0.3) is 0 Å². The second-order valence-electron chi connectivity index (χ2n) is 3.06. The molecular formula is C12H10O2. The highest BCUT2D eigenvalue weighted by molar-refractivity contribution is 5.83. The van der Waals surface area contributed by atoms with Crippen LogP contribution in [0.5, 0.6) is 0 Å². The van der Waals surface area contributed by atoms with Gasteiger partial charge in [-0.05, 0) is 11.6 Å². The predicted molar refractivity (Wildman–Crippen MR) is 53.6 cm³/mol. The van der Waals surface area contributed by atoms with Crippen LogP contribution in [0, 0.1) is 0 Å². The summed E-state index contributed by atoms with van der Waals surface area (Å²) in [6.07, 6.45) is 6.59. The standard InChI is InChI=1S/C12H10O2/c13-12-7-6-11(8-9-14-12)10-4-2-1-3-5-10/h1-9,11H. The van der Waals surface area contributed by atoms with Gasteiger partial charge >= 0.3 is 5.97 Å². The van der Waals surface area contributed by atoms with E-state index < -0.39 is 0 Å². The minimum Gasteiger partial charge on any atom is -0.432 e. The van der Waals surface area contributed by atoms with Gasteiger partial charge in [-0.2, -0.15) is 0 Å². The Labute approximate surface area is 82.5 Å². The van der Waals surface area contributed by atoms with Crippen LogP contribution in [0.1, 0.15) is 11.5 Å². The number of hydrogen-bond donors (Lipinski definition) is 0. The first-order valence-electron chi connectivity index (χ1n) is 4.47. The lowest BCUT2D eigenvalue weighted by molar-refractivity contribution is -0.132. The minimum absolute atomic E-state index is 0.127. The van der Waals surface area contributed by atoms with E-state index in [1.54, 1.807) is 0 Å². The van der Waals surface area contributed by atoms with Gasteiger partial charge in [0.1, 0.15) is 0 Å². The Kier molecular flexibility index (Phi) is 2.45. The summed E-state index contributed by atoms with van der Waals surface area (Å²) >= 11 is 0. The summed E-state index contributed by atoms with van der Waals surface area (Å²) in [6.45, 7) is 0. The van der Waals surface area contributed by atoms with Crippen molar-refractivity contribution in [1.29, 1.82) is 0 Å². The van der Waals surface area contributed by atoms with Crippen LogP contribution < -0.4 is 0 Å². The van der Waals surface area contributed by atoms with Crippen molar-refractivity contribution in [2.24, 2.45) is 0 Å². The van der Waals surface area contributed by atoms with E-state index in [4.69, 9.17) is 4.74 Å². The number of carbonyl (C=O) groups is 1. The molecule has 0 saturated heterocycles. The molecule has 0 fully saturated rings. The molecule has 1 atom stereocenters. The zero-order chi connectivity index (χ0) is 9.80. The van der Waals surface area contributed by atoms with Gasteiger partial charge in [0.15, 0.2) is 0 Å². The van der Waals surface area contributed by atoms with Crippen molar-refractivity contribution in [2.75, 3.05) is 0 Å². The number of cyclic esters (lactones) is 1. The summed E-state index contributed by atoms with van der Waals surface area (Å²) in [5.74, 6) is -0.192. The highest BCUT2D eigenvalue weighted by atomic mass is 16.5. The normalized spacial score (nSPS) is 20.3. The van der Waals surface area contributed by atoms with E-state index in [-0.39, 0.29) is 11.9 Å². The Morgan fingerprint density at radius 3 is 2.64 bits per heavy atom. The van der Waals surface area contributed by atoms with Gasteiger partial charge in [-0.15, -0.1) is 0 Å². The third-order valence-electron chi connectivity index (χ3n) is 2.09. The quantitative estimate of drug-likeness (QED) is 0.629. The maximum atomic E-state index is 10.9. The zero-order valence-corrected chi connectivity index (χ0v) is 7.59. The Bertz CT molecular complexity index is 377. The summed E-state index contributed by atoms with van der Waals surface area (Å²) in [6, 6.07) is 9.97. The van der Waals surface area contributed by atoms with E-state index in [1.807, 2.05) is 42.5 Å². The van der Waals surface area contributed by atoms with E-state index in [2.05, 4.69) is 0 Å². The molecule has 1 aliphatic rings. The summed E-state index contributed by atoms with van der Waals surface area (Å²) in [4.78, 5) is 10.9. The zero-order valence-electron chi connectivity index (χ0n) is 7.59. The molecule has 0 spiro atoms. The first-order valence-corrected chi connectivity index (χ1v) is 4.47. The molecule has 0 aliphatic carbocycles. The van der Waals surface area contributed by atoms with Gasteiger partial charge in [0.25, 0.3) is 0 Å². The highest BCUT2D eigenvalue weighted by Gasteiger charge is 2.07. The average molecular weight is 186 g/mol. The van der Waals surface area contributed by atoms with Crippen LogP contribution in [0.3, 0.4) is 0 Å². The topological polar surface area (TPSA) is 26.3 Å². The summed E-state index contributed by atoms with van der Waals surface area (Å²) in [5.41, 5.74) is 1.15. The SMILES string of the molecule is O=C1C=CC(c2ccccc2)C=CO1. The minimum atomic E-state index is -0.320. The third kappa shape index (κ3) is 1.91. The molecule has 1 aromatic rings. The molecule has 2 heteroatoms. The number of rotatable bonds is 1. The number of benzene rings is 1. The molecule has 0 N–H and O–H groups in total. The van der Waals surface area contributed by atoms with Crippen molar-refractivity contribution < 1.29 is 9.53 Å². The molecule has 1 aromatic carbocycles. The molecule has 1 heterocycles. The number of esters is 1. The molecule has 70 valence electrons. The Morgan fingerprint density at radius 2 is 1.86 bits per heavy atom. The van der Waals surface area contributed by atoms with E-state index in [0.717, 1.165) is 5.56 Å². The van der Waals surface area contributed by atoms with Crippen molar-refractivity contribution in [1.82, 2.24) is 0 Å². The van der Waals surface area contributed by atoms with Gasteiger partial charge < -0.3 is 4.74 Å². The summed E-state index contributed by atoms with van der Waals surface area (Å²) in [7, 11) is 0. The van der Waals surface area contributed by atoms with Crippen LogP contribution in [-0.2, 0) is 9.53 Å². The largest absolute Gasteiger partial charge is 0.432 e. The van der Waals surface area contributed by atoms with E-state index in [0.29, 0.717) is 0 Å². The predicted octanol–water partition coefficient (Wildman–Crippen LogP) is 2.40. The van der Waals surface area contributed by atoms with Gasteiger partial charge in [0.05, 0.1) is 6.26 Å². The van der Waals surface area contributed by atoms with Gasteiger partial charge in [-0.25, -0.2) is 4.79 Å². The Hall–Kier alpha value is -1.83. The fraction of sp³-hybridized carbons (Fsp3) is 0.0833. The van der Waals surface area contributed by atoms with Gasteiger partial charge in [-0.1, -0.05) is 36.4 Å². The Morgan fingerprint density at radius 1 is 1.07 bits per heavy atom. The van der Waals surface area contributed by atoms with Crippen molar-refractivity contribution in [3.63, 3.8) is 0 Å². The molecular weight excluding hydrogens is 176 g/mol. The van der Waals surface area contributed by atoms with E-state index in [9.17, 15) is 4.79 Å². The monoisotopic (exact) mass is 186 g/mol. The number of ether oxygens (including phenoxy) is 1. The molecule has 0 radical (unpaired) electrons. The van der Waals surface area contributed by atoms with Crippen molar-refractivity contribution in [3.05, 3.63) is 60.4 Å². The number of allylic oxidation sites excluding steroid dienone is 2. The maximum Gasteiger partial charge on any atom is 0.335 e. The van der Waals surface area contributed by atoms with Crippen molar-refractivity contribution >= 4 is 5.97 Å². The first-order chi connectivity index (χ1) is 6.86. The molecule has 2 nitrogen and oxygen atoms in total. The smallest absolute Gasteiger partial charge is 0.335 e. The van der Waals surface area contributed by atoms with Crippen molar-refractivity contribution in [3.8, 4) is 0 Å². The lowest BCUT2D eigenvalue weighted by Crippen LogP contribution is -1.91. The second kappa shape index (κ2) is 3.92. The van der Waals surface area contributed by atoms with E-state index in [1.165, 1.54) is 12.3 Å². The second-order valence-corrected chi connectivity index (χ2v) is 3.06. The molecule has 2 rings (SSSR count). The van der Waals surface area contributed by atoms with Gasteiger partial charge in [-0.3, -0.25) is 0 Å². The fourth-order valence-electron chi connectivity index (χ4n) is 1.37. The van der Waals surface area contributed by atoms with Crippen LogP contribution in [0.4, 0.5) is 0 Å². The molecule has 0 bridgehead atoms. The van der Waals surface area contributed by atoms with Crippen molar-refractivity contribution in [2.45, 2.75) is 5.92 Å². The third-order valence-corrected chi connectivity index (χ3v) is 2.09. The lowest BCUT2D eigenvalue weighted by Gasteiger charge is -2.05. The average Bonchev–Trinajstić information content (AvgIpc) is 2.44. The number of carbonyl (C=O) groups excluding carboxylic acids is 1. The van der Waals surface area contributed by atoms with Gasteiger partial charge in [0, 0.05) is 12.0 Å².